The van der Waals surface area contributed by atoms with Crippen molar-refractivity contribution in [2.24, 2.45) is 5.10 Å². The van der Waals surface area contributed by atoms with Gasteiger partial charge in [0.25, 0.3) is 0 Å². The van der Waals surface area contributed by atoms with E-state index < -0.39 is 0 Å². The molecule has 0 bridgehead atoms. The lowest BCUT2D eigenvalue weighted by Gasteiger charge is -2.28. The Kier molecular flexibility index (Phi) is 2.93. The smallest absolute Gasteiger partial charge is 0.177 e. The average Bonchev–Trinajstić information content (AvgIpc) is 2.96. The van der Waals surface area contributed by atoms with Crippen LogP contribution >= 0.6 is 0 Å². The second-order valence-corrected chi connectivity index (χ2v) is 5.24. The topological polar surface area (TPSA) is 30.9 Å². The first-order valence-corrected chi connectivity index (χ1v) is 7.25. The number of hydrogen-bond acceptors (Lipinski definition) is 4. The zero-order valence-electron chi connectivity index (χ0n) is 12.3. The summed E-state index contributed by atoms with van der Waals surface area (Å²) in [5.74, 6) is 0.897. The van der Waals surface area contributed by atoms with Gasteiger partial charge < -0.3 is 0 Å². The highest BCUT2D eigenvalue weighted by Gasteiger charge is 2.24. The van der Waals surface area contributed by atoms with E-state index in [4.69, 9.17) is 0 Å². The van der Waals surface area contributed by atoms with Crippen molar-refractivity contribution in [3.05, 3.63) is 78.4 Å². The minimum absolute atomic E-state index is 0.897. The number of amidine groups is 1. The van der Waals surface area contributed by atoms with E-state index in [0.717, 1.165) is 17.1 Å². The molecule has 1 heterocycles. The molecule has 0 atom stereocenters. The second-order valence-electron chi connectivity index (χ2n) is 5.24. The molecule has 4 rings (SSSR count). The van der Waals surface area contributed by atoms with Crippen LogP contribution in [0.25, 0.3) is 10.8 Å². The Morgan fingerprint density at radius 2 is 1.55 bits per heavy atom. The number of rotatable bonds is 2. The van der Waals surface area contributed by atoms with Gasteiger partial charge in [-0.3, -0.25) is 0 Å². The van der Waals surface area contributed by atoms with Crippen LogP contribution in [0.1, 0.15) is 5.56 Å². The van der Waals surface area contributed by atoms with Gasteiger partial charge in [0.2, 0.25) is 0 Å². The van der Waals surface area contributed by atoms with Crippen molar-refractivity contribution in [1.29, 1.82) is 0 Å². The van der Waals surface area contributed by atoms with Gasteiger partial charge in [-0.1, -0.05) is 66.7 Å². The predicted octanol–water partition coefficient (Wildman–Crippen LogP) is 3.37. The Hall–Kier alpha value is -3.01. The van der Waals surface area contributed by atoms with Crippen molar-refractivity contribution in [3.8, 4) is 0 Å². The number of hydrazone groups is 1. The second kappa shape index (κ2) is 5.07. The van der Waals surface area contributed by atoms with Gasteiger partial charge in [0.05, 0.1) is 5.69 Å². The zero-order chi connectivity index (χ0) is 14.9. The third-order valence-corrected chi connectivity index (χ3v) is 3.88. The molecule has 3 aromatic rings. The van der Waals surface area contributed by atoms with Crippen LogP contribution in [-0.4, -0.2) is 17.9 Å². The van der Waals surface area contributed by atoms with Crippen LogP contribution < -0.4 is 10.7 Å². The highest BCUT2D eigenvalue weighted by atomic mass is 15.9. The molecular weight excluding hydrogens is 272 g/mol. The maximum absolute atomic E-state index is 4.47. The normalized spacial score (nSPS) is 14.1. The standard InChI is InChI=1S/C18H16N4/c1-21-18(15-9-3-2-4-10-15)19-20-22(21)17-13-7-11-14-8-5-6-12-16(14)17/h2-13,20H,1H3. The highest BCUT2D eigenvalue weighted by molar-refractivity contribution is 6.02. The molecule has 1 aliphatic heterocycles. The Labute approximate surface area is 129 Å². The van der Waals surface area contributed by atoms with Gasteiger partial charge >= 0.3 is 0 Å². The van der Waals surface area contributed by atoms with Crippen molar-refractivity contribution < 1.29 is 0 Å². The molecule has 0 unspecified atom stereocenters. The lowest BCUT2D eigenvalue weighted by atomic mass is 10.1. The SMILES string of the molecule is CN1C(c2ccccc2)=NNN1c1cccc2ccccc12. The molecule has 108 valence electrons. The first-order chi connectivity index (χ1) is 10.8. The number of benzene rings is 3. The van der Waals surface area contributed by atoms with Crippen molar-refractivity contribution >= 4 is 22.3 Å². The molecule has 0 saturated carbocycles. The zero-order valence-corrected chi connectivity index (χ0v) is 12.3. The summed E-state index contributed by atoms with van der Waals surface area (Å²) < 4.78 is 0. The minimum Gasteiger partial charge on any atom is -0.249 e. The quantitative estimate of drug-likeness (QED) is 0.784. The van der Waals surface area contributed by atoms with E-state index in [1.807, 2.05) is 35.4 Å². The maximum Gasteiger partial charge on any atom is 0.177 e. The summed E-state index contributed by atoms with van der Waals surface area (Å²) >= 11 is 0. The van der Waals surface area contributed by atoms with Gasteiger partial charge in [-0.15, -0.1) is 5.10 Å². The third-order valence-electron chi connectivity index (χ3n) is 3.88. The molecule has 3 aromatic carbocycles. The summed E-state index contributed by atoms with van der Waals surface area (Å²) in [6.45, 7) is 0. The van der Waals surface area contributed by atoms with Crippen molar-refractivity contribution in [2.75, 3.05) is 12.2 Å². The van der Waals surface area contributed by atoms with Crippen LogP contribution in [0, 0.1) is 0 Å². The molecule has 0 aliphatic carbocycles. The lowest BCUT2D eigenvalue weighted by molar-refractivity contribution is 0.446. The molecule has 22 heavy (non-hydrogen) atoms. The van der Waals surface area contributed by atoms with Crippen molar-refractivity contribution in [2.45, 2.75) is 0 Å². The van der Waals surface area contributed by atoms with Gasteiger partial charge in [-0.05, 0) is 11.5 Å². The first-order valence-electron chi connectivity index (χ1n) is 7.25. The molecule has 4 heteroatoms. The Morgan fingerprint density at radius 1 is 0.818 bits per heavy atom. The van der Waals surface area contributed by atoms with Crippen LogP contribution in [0.15, 0.2) is 77.9 Å². The average molecular weight is 288 g/mol. The molecule has 0 radical (unpaired) electrons. The number of hydrogen-bond donors (Lipinski definition) is 1. The van der Waals surface area contributed by atoms with Gasteiger partial charge in [-0.25, -0.2) is 5.01 Å². The van der Waals surface area contributed by atoms with Gasteiger partial charge in [0.1, 0.15) is 0 Å². The fourth-order valence-corrected chi connectivity index (χ4v) is 2.78. The number of hydrazine groups is 2. The summed E-state index contributed by atoms with van der Waals surface area (Å²) in [7, 11) is 2.01. The van der Waals surface area contributed by atoms with Gasteiger partial charge in [0.15, 0.2) is 5.84 Å². The van der Waals surface area contributed by atoms with E-state index in [1.54, 1.807) is 0 Å². The number of fused-ring (bicyclic) bond motifs is 1. The van der Waals surface area contributed by atoms with Crippen molar-refractivity contribution in [3.63, 3.8) is 0 Å². The Balaban J connectivity index is 1.73. The molecule has 1 aliphatic rings. The molecule has 0 spiro atoms. The predicted molar refractivity (Wildman–Crippen MR) is 90.3 cm³/mol. The minimum atomic E-state index is 0.897. The van der Waals surface area contributed by atoms with E-state index in [0.29, 0.717) is 0 Å². The first kappa shape index (κ1) is 12.7. The van der Waals surface area contributed by atoms with E-state index in [-0.39, 0.29) is 0 Å². The fraction of sp³-hybridized carbons (Fsp3) is 0.0556. The summed E-state index contributed by atoms with van der Waals surface area (Å²) in [5, 5.41) is 10.9. The number of nitrogens with zero attached hydrogens (tertiary/aromatic N) is 3. The summed E-state index contributed by atoms with van der Waals surface area (Å²) in [5.41, 5.74) is 5.27. The largest absolute Gasteiger partial charge is 0.249 e. The maximum atomic E-state index is 4.47. The number of anilines is 1. The Morgan fingerprint density at radius 3 is 2.41 bits per heavy atom. The molecule has 4 nitrogen and oxygen atoms in total. The molecule has 1 N–H and O–H groups in total. The third kappa shape index (κ3) is 1.97. The summed E-state index contributed by atoms with van der Waals surface area (Å²) in [6.07, 6.45) is 0. The lowest BCUT2D eigenvalue weighted by Crippen LogP contribution is -2.43. The van der Waals surface area contributed by atoms with E-state index in [2.05, 4.69) is 65.2 Å². The molecule has 0 amide bonds. The molecule has 0 aromatic heterocycles. The van der Waals surface area contributed by atoms with Gasteiger partial charge in [0, 0.05) is 18.0 Å². The highest BCUT2D eigenvalue weighted by Crippen LogP contribution is 2.28. The van der Waals surface area contributed by atoms with Crippen LogP contribution in [0.2, 0.25) is 0 Å². The van der Waals surface area contributed by atoms with E-state index >= 15 is 0 Å². The molecular formula is C18H16N4. The van der Waals surface area contributed by atoms with E-state index in [9.17, 15) is 0 Å². The van der Waals surface area contributed by atoms with Crippen molar-refractivity contribution in [1.82, 2.24) is 10.5 Å². The monoisotopic (exact) mass is 288 g/mol. The molecule has 0 saturated heterocycles. The van der Waals surface area contributed by atoms with Crippen LogP contribution in [0.4, 0.5) is 5.69 Å². The van der Waals surface area contributed by atoms with Gasteiger partial charge in [-0.2, -0.15) is 10.7 Å². The molecule has 0 fully saturated rings. The van der Waals surface area contributed by atoms with E-state index in [1.165, 1.54) is 10.8 Å². The van der Waals surface area contributed by atoms with Crippen LogP contribution in [0.5, 0.6) is 0 Å². The summed E-state index contributed by atoms with van der Waals surface area (Å²) in [6, 6.07) is 24.8. The van der Waals surface area contributed by atoms with Crippen LogP contribution in [-0.2, 0) is 0 Å². The Bertz CT molecular complexity index is 837. The fourth-order valence-electron chi connectivity index (χ4n) is 2.78. The van der Waals surface area contributed by atoms with Crippen LogP contribution in [0.3, 0.4) is 0 Å². The summed E-state index contributed by atoms with van der Waals surface area (Å²) in [4.78, 5) is 0. The number of nitrogens with one attached hydrogen (secondary N) is 1.